The normalized spacial score (nSPS) is 15.7. The van der Waals surface area contributed by atoms with Crippen LogP contribution in [0.25, 0.3) is 0 Å². The van der Waals surface area contributed by atoms with Gasteiger partial charge in [0.2, 0.25) is 0 Å². The Kier molecular flexibility index (Phi) is 5.25. The summed E-state index contributed by atoms with van der Waals surface area (Å²) in [6.45, 7) is 4.18. The minimum Gasteiger partial charge on any atom is -0.384 e. The minimum absolute atomic E-state index is 0.125. The van der Waals surface area contributed by atoms with Gasteiger partial charge in [-0.1, -0.05) is 17.7 Å². The van der Waals surface area contributed by atoms with Gasteiger partial charge < -0.3 is 14.2 Å². The highest BCUT2D eigenvalue weighted by Gasteiger charge is 2.25. The first-order valence-corrected chi connectivity index (χ1v) is 8.42. The maximum atomic E-state index is 12.6. The Bertz CT molecular complexity index is 690. The number of benzene rings is 1. The maximum Gasteiger partial charge on any atom is 0.253 e. The number of nitrogens with zero attached hydrogens (tertiary/aromatic N) is 4. The van der Waals surface area contributed by atoms with Crippen LogP contribution in [0.1, 0.15) is 40.6 Å². The number of hydrogen-bond acceptors (Lipinski definition) is 4. The lowest BCUT2D eigenvalue weighted by Gasteiger charge is -2.33. The van der Waals surface area contributed by atoms with Crippen molar-refractivity contribution in [3.05, 3.63) is 47.5 Å². The van der Waals surface area contributed by atoms with Gasteiger partial charge >= 0.3 is 0 Å². The van der Waals surface area contributed by atoms with Crippen LogP contribution in [0.5, 0.6) is 0 Å². The monoisotopic (exact) mass is 328 g/mol. The van der Waals surface area contributed by atoms with Gasteiger partial charge in [0.15, 0.2) is 0 Å². The molecule has 3 rings (SSSR count). The summed E-state index contributed by atoms with van der Waals surface area (Å²) < 4.78 is 7.28. The van der Waals surface area contributed by atoms with E-state index in [1.807, 2.05) is 36.1 Å². The smallest absolute Gasteiger partial charge is 0.253 e. The molecule has 1 amide bonds. The molecule has 0 atom stereocenters. The SMILES string of the molecule is COCCc1nncn1C1CCN(C(=O)c2cccc(C)c2)CC1. The second kappa shape index (κ2) is 7.57. The predicted octanol–water partition coefficient (Wildman–Crippen LogP) is 2.25. The van der Waals surface area contributed by atoms with Gasteiger partial charge in [0.05, 0.1) is 6.61 Å². The summed E-state index contributed by atoms with van der Waals surface area (Å²) in [4.78, 5) is 14.6. The van der Waals surface area contributed by atoms with Crippen LogP contribution in [-0.2, 0) is 11.2 Å². The van der Waals surface area contributed by atoms with E-state index >= 15 is 0 Å². The molecular formula is C18H24N4O2. The van der Waals surface area contributed by atoms with Gasteiger partial charge in [0.1, 0.15) is 12.2 Å². The zero-order valence-electron chi connectivity index (χ0n) is 14.3. The molecule has 2 heterocycles. The van der Waals surface area contributed by atoms with Gasteiger partial charge in [-0.2, -0.15) is 0 Å². The van der Waals surface area contributed by atoms with Crippen LogP contribution in [0.4, 0.5) is 0 Å². The van der Waals surface area contributed by atoms with Gasteiger partial charge in [0, 0.05) is 38.2 Å². The molecule has 0 unspecified atom stereocenters. The zero-order chi connectivity index (χ0) is 16.9. The minimum atomic E-state index is 0.125. The Morgan fingerprint density at radius 1 is 1.33 bits per heavy atom. The number of ether oxygens (including phenoxy) is 1. The molecule has 24 heavy (non-hydrogen) atoms. The summed E-state index contributed by atoms with van der Waals surface area (Å²) >= 11 is 0. The lowest BCUT2D eigenvalue weighted by Crippen LogP contribution is -2.39. The molecule has 1 saturated heterocycles. The van der Waals surface area contributed by atoms with E-state index < -0.39 is 0 Å². The molecular weight excluding hydrogens is 304 g/mol. The number of hydrogen-bond donors (Lipinski definition) is 0. The van der Waals surface area contributed by atoms with Gasteiger partial charge in [0.25, 0.3) is 5.91 Å². The van der Waals surface area contributed by atoms with Gasteiger partial charge in [-0.15, -0.1) is 10.2 Å². The molecule has 6 heteroatoms. The second-order valence-electron chi connectivity index (χ2n) is 6.29. The summed E-state index contributed by atoms with van der Waals surface area (Å²) in [6, 6.07) is 8.15. The van der Waals surface area contributed by atoms with Crippen LogP contribution in [0.3, 0.4) is 0 Å². The second-order valence-corrected chi connectivity index (χ2v) is 6.29. The summed E-state index contributed by atoms with van der Waals surface area (Å²) in [5, 5.41) is 8.23. The largest absolute Gasteiger partial charge is 0.384 e. The van der Waals surface area contributed by atoms with E-state index in [1.54, 1.807) is 13.4 Å². The molecule has 6 nitrogen and oxygen atoms in total. The van der Waals surface area contributed by atoms with Crippen molar-refractivity contribution in [3.63, 3.8) is 0 Å². The molecule has 2 aromatic rings. The van der Waals surface area contributed by atoms with Crippen LogP contribution in [-0.4, -0.2) is 52.4 Å². The first-order valence-electron chi connectivity index (χ1n) is 8.42. The van der Waals surface area contributed by atoms with Crippen LogP contribution in [0.2, 0.25) is 0 Å². The molecule has 1 aliphatic heterocycles. The molecule has 1 aromatic heterocycles. The van der Waals surface area contributed by atoms with Crippen molar-refractivity contribution in [1.82, 2.24) is 19.7 Å². The summed E-state index contributed by atoms with van der Waals surface area (Å²) in [7, 11) is 1.69. The van der Waals surface area contributed by atoms with Crippen LogP contribution in [0.15, 0.2) is 30.6 Å². The number of methoxy groups -OCH3 is 1. The van der Waals surface area contributed by atoms with Crippen LogP contribution in [0, 0.1) is 6.92 Å². The van der Waals surface area contributed by atoms with E-state index in [0.717, 1.165) is 49.3 Å². The van der Waals surface area contributed by atoms with E-state index in [1.165, 1.54) is 0 Å². The number of aryl methyl sites for hydroxylation is 1. The summed E-state index contributed by atoms with van der Waals surface area (Å²) in [5.74, 6) is 1.08. The number of carbonyl (C=O) groups excluding carboxylic acids is 1. The van der Waals surface area contributed by atoms with Crippen molar-refractivity contribution >= 4 is 5.91 Å². The van der Waals surface area contributed by atoms with Gasteiger partial charge in [-0.3, -0.25) is 4.79 Å². The predicted molar refractivity (Wildman–Crippen MR) is 91.0 cm³/mol. The number of likely N-dealkylation sites (tertiary alicyclic amines) is 1. The summed E-state index contributed by atoms with van der Waals surface area (Å²) in [6.07, 6.45) is 4.41. The summed E-state index contributed by atoms with van der Waals surface area (Å²) in [5.41, 5.74) is 1.89. The van der Waals surface area contributed by atoms with Crippen molar-refractivity contribution in [2.75, 3.05) is 26.8 Å². The fourth-order valence-corrected chi connectivity index (χ4v) is 3.25. The first kappa shape index (κ1) is 16.6. The first-order chi connectivity index (χ1) is 11.7. The molecule has 0 N–H and O–H groups in total. The molecule has 128 valence electrons. The Labute approximate surface area is 142 Å². The molecule has 1 aliphatic rings. The Morgan fingerprint density at radius 2 is 2.12 bits per heavy atom. The molecule has 0 bridgehead atoms. The standard InChI is InChI=1S/C18H24N4O2/c1-14-4-3-5-15(12-14)18(23)21-9-6-16(7-10-21)22-13-19-20-17(22)8-11-24-2/h3-5,12-13,16H,6-11H2,1-2H3. The number of aromatic nitrogens is 3. The molecule has 0 spiro atoms. The third-order valence-corrected chi connectivity index (χ3v) is 4.59. The quantitative estimate of drug-likeness (QED) is 0.845. The molecule has 0 aliphatic carbocycles. The van der Waals surface area contributed by atoms with Crippen molar-refractivity contribution in [2.45, 2.75) is 32.2 Å². The van der Waals surface area contributed by atoms with E-state index in [-0.39, 0.29) is 5.91 Å². The fraction of sp³-hybridized carbons (Fsp3) is 0.500. The topological polar surface area (TPSA) is 60.3 Å². The average Bonchev–Trinajstić information content (AvgIpc) is 3.08. The molecule has 1 aromatic carbocycles. The molecule has 0 saturated carbocycles. The van der Waals surface area contributed by atoms with E-state index in [9.17, 15) is 4.79 Å². The Balaban J connectivity index is 1.62. The lowest BCUT2D eigenvalue weighted by atomic mass is 10.0. The van der Waals surface area contributed by atoms with Gasteiger partial charge in [-0.05, 0) is 31.9 Å². The van der Waals surface area contributed by atoms with Crippen molar-refractivity contribution < 1.29 is 9.53 Å². The molecule has 0 radical (unpaired) electrons. The Hall–Kier alpha value is -2.21. The highest BCUT2D eigenvalue weighted by atomic mass is 16.5. The highest BCUT2D eigenvalue weighted by Crippen LogP contribution is 2.24. The van der Waals surface area contributed by atoms with Crippen LogP contribution >= 0.6 is 0 Å². The third kappa shape index (κ3) is 3.64. The number of carbonyl (C=O) groups is 1. The number of piperidine rings is 1. The zero-order valence-corrected chi connectivity index (χ0v) is 14.3. The van der Waals surface area contributed by atoms with E-state index in [2.05, 4.69) is 14.8 Å². The Morgan fingerprint density at radius 3 is 2.83 bits per heavy atom. The maximum absolute atomic E-state index is 12.6. The van der Waals surface area contributed by atoms with E-state index in [0.29, 0.717) is 12.6 Å². The highest BCUT2D eigenvalue weighted by molar-refractivity contribution is 5.94. The van der Waals surface area contributed by atoms with Crippen LogP contribution < -0.4 is 0 Å². The lowest BCUT2D eigenvalue weighted by molar-refractivity contribution is 0.0693. The average molecular weight is 328 g/mol. The fourth-order valence-electron chi connectivity index (χ4n) is 3.25. The molecule has 1 fully saturated rings. The number of amides is 1. The van der Waals surface area contributed by atoms with Crippen molar-refractivity contribution in [3.8, 4) is 0 Å². The van der Waals surface area contributed by atoms with Gasteiger partial charge in [-0.25, -0.2) is 0 Å². The number of rotatable bonds is 5. The van der Waals surface area contributed by atoms with Crippen molar-refractivity contribution in [2.24, 2.45) is 0 Å². The third-order valence-electron chi connectivity index (χ3n) is 4.59. The van der Waals surface area contributed by atoms with E-state index in [4.69, 9.17) is 4.74 Å². The van der Waals surface area contributed by atoms with Crippen molar-refractivity contribution in [1.29, 1.82) is 0 Å².